The molecule has 3 nitrogen and oxygen atoms in total. The number of nitriles is 1. The van der Waals surface area contributed by atoms with Crippen LogP contribution in [0.4, 0.5) is 0 Å². The van der Waals surface area contributed by atoms with Crippen LogP contribution >= 0.6 is 22.9 Å². The highest BCUT2D eigenvalue weighted by Gasteiger charge is 2.13. The molecule has 96 valence electrons. The zero-order valence-electron chi connectivity index (χ0n) is 10.2. The van der Waals surface area contributed by atoms with Crippen molar-refractivity contribution in [3.63, 3.8) is 0 Å². The van der Waals surface area contributed by atoms with Crippen LogP contribution in [0.1, 0.15) is 10.6 Å². The van der Waals surface area contributed by atoms with E-state index in [1.807, 2.05) is 42.6 Å². The van der Waals surface area contributed by atoms with Crippen LogP contribution in [0.25, 0.3) is 16.8 Å². The smallest absolute Gasteiger partial charge is 0.138 e. The monoisotopic (exact) mass is 290 g/mol. The molecule has 0 aliphatic heterocycles. The molecule has 1 aromatic heterocycles. The van der Waals surface area contributed by atoms with E-state index in [1.165, 1.54) is 16.9 Å². The lowest BCUT2D eigenvalue weighted by molar-refractivity contribution is 0.420. The largest absolute Gasteiger partial charge is 0.510 e. The molecule has 0 spiro atoms. The lowest BCUT2D eigenvalue weighted by atomic mass is 10.1. The van der Waals surface area contributed by atoms with Crippen LogP contribution in [0.15, 0.2) is 35.4 Å². The molecule has 0 aliphatic rings. The highest BCUT2D eigenvalue weighted by Crippen LogP contribution is 2.27. The molecule has 0 fully saturated rings. The van der Waals surface area contributed by atoms with E-state index in [0.29, 0.717) is 5.01 Å². The molecule has 5 heteroatoms. The molecule has 0 saturated heterocycles. The van der Waals surface area contributed by atoms with Gasteiger partial charge in [0.15, 0.2) is 0 Å². The summed E-state index contributed by atoms with van der Waals surface area (Å²) in [6.07, 6.45) is 0. The first-order valence-electron chi connectivity index (χ1n) is 5.57. The SMILES string of the molecule is Cc1ccc(-c2csc(/C(C#N)=C(/O)CCl)n2)cc1. The van der Waals surface area contributed by atoms with Gasteiger partial charge in [0.05, 0.1) is 11.6 Å². The number of rotatable bonds is 3. The molecule has 0 bridgehead atoms. The minimum atomic E-state index is -0.144. The second kappa shape index (κ2) is 5.87. The molecule has 1 aromatic carbocycles. The number of hydrogen-bond acceptors (Lipinski definition) is 4. The van der Waals surface area contributed by atoms with Gasteiger partial charge in [0.2, 0.25) is 0 Å². The Balaban J connectivity index is 2.39. The van der Waals surface area contributed by atoms with Crippen molar-refractivity contribution in [2.75, 3.05) is 5.88 Å². The van der Waals surface area contributed by atoms with Crippen molar-refractivity contribution in [1.29, 1.82) is 5.26 Å². The van der Waals surface area contributed by atoms with E-state index in [-0.39, 0.29) is 17.2 Å². The molecule has 0 aliphatic carbocycles. The van der Waals surface area contributed by atoms with Crippen LogP contribution in [0.2, 0.25) is 0 Å². The first-order valence-corrected chi connectivity index (χ1v) is 6.98. The minimum Gasteiger partial charge on any atom is -0.510 e. The number of aryl methyl sites for hydroxylation is 1. The number of aromatic nitrogens is 1. The van der Waals surface area contributed by atoms with Crippen molar-refractivity contribution in [1.82, 2.24) is 4.98 Å². The number of halogens is 1. The zero-order chi connectivity index (χ0) is 13.8. The highest BCUT2D eigenvalue weighted by molar-refractivity contribution is 7.11. The lowest BCUT2D eigenvalue weighted by Crippen LogP contribution is -1.90. The number of aliphatic hydroxyl groups is 1. The molecule has 0 radical (unpaired) electrons. The van der Waals surface area contributed by atoms with Crippen molar-refractivity contribution >= 4 is 28.5 Å². The fourth-order valence-corrected chi connectivity index (χ4v) is 2.53. The molecular formula is C14H11ClN2OS. The summed E-state index contributed by atoms with van der Waals surface area (Å²) in [4.78, 5) is 4.37. The van der Waals surface area contributed by atoms with Gasteiger partial charge in [-0.25, -0.2) is 4.98 Å². The molecule has 0 atom stereocenters. The van der Waals surface area contributed by atoms with E-state index < -0.39 is 0 Å². The third-order valence-corrected chi connectivity index (χ3v) is 3.71. The first kappa shape index (κ1) is 13.6. The van der Waals surface area contributed by atoms with Gasteiger partial charge in [0.1, 0.15) is 22.4 Å². The van der Waals surface area contributed by atoms with E-state index in [9.17, 15) is 5.11 Å². The second-order valence-corrected chi connectivity index (χ2v) is 5.10. The van der Waals surface area contributed by atoms with Gasteiger partial charge in [-0.1, -0.05) is 29.8 Å². The molecule has 2 aromatic rings. The predicted octanol–water partition coefficient (Wildman–Crippen LogP) is 4.15. The number of hydrogen-bond donors (Lipinski definition) is 1. The Labute approximate surface area is 120 Å². The first-order chi connectivity index (χ1) is 9.15. The van der Waals surface area contributed by atoms with Gasteiger partial charge in [-0.3, -0.25) is 0 Å². The Morgan fingerprint density at radius 3 is 2.68 bits per heavy atom. The Morgan fingerprint density at radius 2 is 2.11 bits per heavy atom. The summed E-state index contributed by atoms with van der Waals surface area (Å²) < 4.78 is 0. The zero-order valence-corrected chi connectivity index (χ0v) is 11.8. The number of alkyl halides is 1. The van der Waals surface area contributed by atoms with E-state index in [0.717, 1.165) is 11.3 Å². The van der Waals surface area contributed by atoms with Crippen molar-refractivity contribution in [2.24, 2.45) is 0 Å². The van der Waals surface area contributed by atoms with E-state index in [2.05, 4.69) is 4.98 Å². The van der Waals surface area contributed by atoms with Crippen LogP contribution in [0, 0.1) is 18.3 Å². The molecule has 1 N–H and O–H groups in total. The Morgan fingerprint density at radius 1 is 1.42 bits per heavy atom. The van der Waals surface area contributed by atoms with Crippen LogP contribution in [-0.4, -0.2) is 16.0 Å². The molecule has 0 saturated carbocycles. The van der Waals surface area contributed by atoms with Crippen molar-refractivity contribution < 1.29 is 5.11 Å². The van der Waals surface area contributed by atoms with Gasteiger partial charge < -0.3 is 5.11 Å². The summed E-state index contributed by atoms with van der Waals surface area (Å²) in [5.41, 5.74) is 3.08. The third kappa shape index (κ3) is 2.95. The van der Waals surface area contributed by atoms with E-state index in [4.69, 9.17) is 16.9 Å². The molecule has 0 unspecified atom stereocenters. The number of benzene rings is 1. The predicted molar refractivity (Wildman–Crippen MR) is 78.2 cm³/mol. The maximum atomic E-state index is 9.58. The summed E-state index contributed by atoms with van der Waals surface area (Å²) in [6.45, 7) is 2.02. The van der Waals surface area contributed by atoms with Crippen LogP contribution in [-0.2, 0) is 0 Å². The summed E-state index contributed by atoms with van der Waals surface area (Å²) in [5, 5.41) is 21.0. The fourth-order valence-electron chi connectivity index (χ4n) is 1.55. The van der Waals surface area contributed by atoms with Crippen LogP contribution in [0.3, 0.4) is 0 Å². The topological polar surface area (TPSA) is 56.9 Å². The quantitative estimate of drug-likeness (QED) is 0.525. The van der Waals surface area contributed by atoms with Crippen molar-refractivity contribution in [3.8, 4) is 17.3 Å². The molecular weight excluding hydrogens is 280 g/mol. The maximum absolute atomic E-state index is 9.58. The normalized spacial score (nSPS) is 11.8. The highest BCUT2D eigenvalue weighted by atomic mass is 35.5. The number of aliphatic hydroxyl groups excluding tert-OH is 1. The van der Waals surface area contributed by atoms with Gasteiger partial charge in [-0.15, -0.1) is 22.9 Å². The summed E-state index contributed by atoms with van der Waals surface area (Å²) in [5.74, 6) is -0.239. The molecule has 1 heterocycles. The van der Waals surface area contributed by atoms with Crippen molar-refractivity contribution in [3.05, 3.63) is 46.0 Å². The van der Waals surface area contributed by atoms with Gasteiger partial charge in [0, 0.05) is 10.9 Å². The van der Waals surface area contributed by atoms with E-state index >= 15 is 0 Å². The standard InChI is InChI=1S/C14H11ClN2OS/c1-9-2-4-10(5-3-9)12-8-19-14(17-12)11(7-16)13(18)6-15/h2-5,8,18H,6H2,1H3/b13-11+. The fraction of sp³-hybridized carbons (Fsp3) is 0.143. The average molecular weight is 291 g/mol. The second-order valence-electron chi connectivity index (χ2n) is 3.97. The van der Waals surface area contributed by atoms with Gasteiger partial charge in [-0.05, 0) is 6.92 Å². The molecule has 0 amide bonds. The average Bonchev–Trinajstić information content (AvgIpc) is 2.89. The summed E-state index contributed by atoms with van der Waals surface area (Å²) in [7, 11) is 0. The summed E-state index contributed by atoms with van der Waals surface area (Å²) >= 11 is 6.85. The van der Waals surface area contributed by atoms with Gasteiger partial charge >= 0.3 is 0 Å². The van der Waals surface area contributed by atoms with E-state index in [1.54, 1.807) is 0 Å². The minimum absolute atomic E-state index is 0.0949. The van der Waals surface area contributed by atoms with Gasteiger partial charge in [-0.2, -0.15) is 5.26 Å². The maximum Gasteiger partial charge on any atom is 0.138 e. The number of nitrogens with zero attached hydrogens (tertiary/aromatic N) is 2. The number of thiazole rings is 1. The third-order valence-electron chi connectivity index (χ3n) is 2.59. The van der Waals surface area contributed by atoms with Crippen LogP contribution in [0.5, 0.6) is 0 Å². The molecule has 19 heavy (non-hydrogen) atoms. The Hall–Kier alpha value is -1.83. The Bertz CT molecular complexity index is 653. The summed E-state index contributed by atoms with van der Waals surface area (Å²) in [6, 6.07) is 9.90. The van der Waals surface area contributed by atoms with Crippen molar-refractivity contribution in [2.45, 2.75) is 6.92 Å². The van der Waals surface area contributed by atoms with Crippen LogP contribution < -0.4 is 0 Å². The molecule has 2 rings (SSSR count). The van der Waals surface area contributed by atoms with Gasteiger partial charge in [0.25, 0.3) is 0 Å². The number of allylic oxidation sites excluding steroid dienone is 2. The Kier molecular flexibility index (Phi) is 4.20. The lowest BCUT2D eigenvalue weighted by Gasteiger charge is -1.98.